The van der Waals surface area contributed by atoms with E-state index in [-0.39, 0.29) is 12.3 Å². The van der Waals surface area contributed by atoms with Gasteiger partial charge >= 0.3 is 0 Å². The number of hydrogen-bond donors (Lipinski definition) is 1. The predicted octanol–water partition coefficient (Wildman–Crippen LogP) is 4.59. The Kier molecular flexibility index (Phi) is 4.09. The number of anilines is 1. The first-order chi connectivity index (χ1) is 11.0. The summed E-state index contributed by atoms with van der Waals surface area (Å²) in [5.74, 6) is 0.446. The number of benzene rings is 1. The number of amides is 1. The smallest absolute Gasteiger partial charge is 0.230 e. The van der Waals surface area contributed by atoms with Gasteiger partial charge in [-0.2, -0.15) is 0 Å². The van der Waals surface area contributed by atoms with Crippen molar-refractivity contribution in [1.29, 1.82) is 0 Å². The molecule has 0 unspecified atom stereocenters. The van der Waals surface area contributed by atoms with E-state index in [2.05, 4.69) is 10.3 Å². The minimum atomic E-state index is -0.134. The number of carbonyl (C=O) groups excluding carboxylic acids is 1. The van der Waals surface area contributed by atoms with Gasteiger partial charge < -0.3 is 9.73 Å². The highest BCUT2D eigenvalue weighted by Gasteiger charge is 2.16. The second kappa shape index (κ2) is 6.05. The number of nitrogens with zero attached hydrogens (tertiary/aromatic N) is 1. The van der Waals surface area contributed by atoms with Gasteiger partial charge in [0.05, 0.1) is 12.7 Å². The van der Waals surface area contributed by atoms with E-state index in [0.717, 1.165) is 33.2 Å². The van der Waals surface area contributed by atoms with Crippen LogP contribution in [0, 0.1) is 20.8 Å². The van der Waals surface area contributed by atoms with Crippen molar-refractivity contribution in [2.45, 2.75) is 27.2 Å². The Morgan fingerprint density at radius 2 is 2.09 bits per heavy atom. The number of furan rings is 1. The van der Waals surface area contributed by atoms with Crippen molar-refractivity contribution in [2.24, 2.45) is 0 Å². The summed E-state index contributed by atoms with van der Waals surface area (Å²) < 4.78 is 5.59. The first kappa shape index (κ1) is 15.6. The van der Waals surface area contributed by atoms with Crippen LogP contribution in [-0.4, -0.2) is 10.9 Å². The molecule has 0 aliphatic carbocycles. The molecule has 5 heteroatoms. The van der Waals surface area contributed by atoms with Crippen LogP contribution in [0.15, 0.2) is 35.1 Å². The molecular formula is C18H17ClN2O2. The maximum atomic E-state index is 12.3. The topological polar surface area (TPSA) is 55.1 Å². The van der Waals surface area contributed by atoms with Crippen molar-refractivity contribution in [1.82, 2.24) is 4.98 Å². The van der Waals surface area contributed by atoms with Crippen LogP contribution in [0.25, 0.3) is 11.0 Å². The first-order valence-electron chi connectivity index (χ1n) is 7.34. The number of aryl methyl sites for hydroxylation is 3. The van der Waals surface area contributed by atoms with E-state index >= 15 is 0 Å². The number of pyridine rings is 1. The summed E-state index contributed by atoms with van der Waals surface area (Å²) in [5.41, 5.74) is 4.40. The van der Waals surface area contributed by atoms with Crippen LogP contribution in [0.2, 0.25) is 5.02 Å². The molecule has 0 bridgehead atoms. The third-order valence-electron chi connectivity index (χ3n) is 3.91. The lowest BCUT2D eigenvalue weighted by Gasteiger charge is -2.08. The molecule has 118 valence electrons. The molecule has 2 heterocycles. The van der Waals surface area contributed by atoms with Crippen molar-refractivity contribution in [3.05, 3.63) is 57.9 Å². The minimum Gasteiger partial charge on any atom is -0.464 e. The molecule has 0 saturated heterocycles. The molecular weight excluding hydrogens is 312 g/mol. The molecule has 1 amide bonds. The SMILES string of the molecule is Cc1cccnc1NC(=O)Cc1coc2cc(C)c(Cl)c(C)c12. The van der Waals surface area contributed by atoms with Gasteiger partial charge in [-0.05, 0) is 49.6 Å². The van der Waals surface area contributed by atoms with Crippen LogP contribution in [0.1, 0.15) is 22.3 Å². The van der Waals surface area contributed by atoms with Crippen LogP contribution < -0.4 is 5.32 Å². The largest absolute Gasteiger partial charge is 0.464 e. The molecule has 1 aromatic carbocycles. The van der Waals surface area contributed by atoms with Gasteiger partial charge in [-0.1, -0.05) is 17.7 Å². The van der Waals surface area contributed by atoms with E-state index in [0.29, 0.717) is 10.8 Å². The lowest BCUT2D eigenvalue weighted by Crippen LogP contribution is -2.16. The van der Waals surface area contributed by atoms with Crippen LogP contribution in [0.4, 0.5) is 5.82 Å². The van der Waals surface area contributed by atoms with Gasteiger partial charge in [0, 0.05) is 22.2 Å². The van der Waals surface area contributed by atoms with E-state index < -0.39 is 0 Å². The quantitative estimate of drug-likeness (QED) is 0.765. The molecule has 1 N–H and O–H groups in total. The number of hydrogen-bond acceptors (Lipinski definition) is 3. The standard InChI is InChI=1S/C18H17ClN2O2/c1-10-5-4-6-20-18(10)21-15(22)8-13-9-23-14-7-11(2)17(19)12(3)16(13)14/h4-7,9H,8H2,1-3H3,(H,20,21,22). The summed E-state index contributed by atoms with van der Waals surface area (Å²) in [7, 11) is 0. The highest BCUT2D eigenvalue weighted by atomic mass is 35.5. The normalized spacial score (nSPS) is 11.0. The van der Waals surface area contributed by atoms with Crippen LogP contribution in [0.3, 0.4) is 0 Å². The Hall–Kier alpha value is -2.33. The molecule has 23 heavy (non-hydrogen) atoms. The third-order valence-corrected chi connectivity index (χ3v) is 4.49. The predicted molar refractivity (Wildman–Crippen MR) is 92.0 cm³/mol. The fraction of sp³-hybridized carbons (Fsp3) is 0.222. The lowest BCUT2D eigenvalue weighted by molar-refractivity contribution is -0.115. The van der Waals surface area contributed by atoms with Gasteiger partial charge in [-0.25, -0.2) is 4.98 Å². The maximum Gasteiger partial charge on any atom is 0.230 e. The maximum absolute atomic E-state index is 12.3. The summed E-state index contributed by atoms with van der Waals surface area (Å²) in [4.78, 5) is 16.5. The average molecular weight is 329 g/mol. The molecule has 3 aromatic rings. The third kappa shape index (κ3) is 2.94. The summed E-state index contributed by atoms with van der Waals surface area (Å²) in [6, 6.07) is 5.64. The fourth-order valence-corrected chi connectivity index (χ4v) is 2.85. The van der Waals surface area contributed by atoms with E-state index in [9.17, 15) is 4.79 Å². The van der Waals surface area contributed by atoms with Crippen LogP contribution in [-0.2, 0) is 11.2 Å². The van der Waals surface area contributed by atoms with Gasteiger partial charge in [0.15, 0.2) is 0 Å². The number of nitrogens with one attached hydrogen (secondary N) is 1. The second-order valence-corrected chi connectivity index (χ2v) is 6.04. The first-order valence-corrected chi connectivity index (χ1v) is 7.72. The van der Waals surface area contributed by atoms with E-state index in [1.54, 1.807) is 12.5 Å². The summed E-state index contributed by atoms with van der Waals surface area (Å²) in [5, 5.41) is 4.45. The molecule has 0 fully saturated rings. The van der Waals surface area contributed by atoms with Gasteiger partial charge in [0.1, 0.15) is 11.4 Å². The zero-order valence-electron chi connectivity index (χ0n) is 13.2. The molecule has 0 atom stereocenters. The van der Waals surface area contributed by atoms with Gasteiger partial charge in [-0.15, -0.1) is 0 Å². The number of carbonyl (C=O) groups is 1. The molecule has 0 aliphatic heterocycles. The molecule has 0 radical (unpaired) electrons. The van der Waals surface area contributed by atoms with E-state index in [1.165, 1.54) is 0 Å². The van der Waals surface area contributed by atoms with Crippen molar-refractivity contribution >= 4 is 34.3 Å². The minimum absolute atomic E-state index is 0.134. The highest BCUT2D eigenvalue weighted by Crippen LogP contribution is 2.32. The van der Waals surface area contributed by atoms with Crippen molar-refractivity contribution in [3.63, 3.8) is 0 Å². The molecule has 0 aliphatic rings. The molecule has 0 spiro atoms. The molecule has 2 aromatic heterocycles. The summed E-state index contributed by atoms with van der Waals surface area (Å²) in [6.07, 6.45) is 3.49. The van der Waals surface area contributed by atoms with Gasteiger partial charge in [0.25, 0.3) is 0 Å². The Balaban J connectivity index is 1.89. The van der Waals surface area contributed by atoms with E-state index in [1.807, 2.05) is 39.0 Å². The number of fused-ring (bicyclic) bond motifs is 1. The zero-order chi connectivity index (χ0) is 16.6. The summed E-state index contributed by atoms with van der Waals surface area (Å²) >= 11 is 6.32. The van der Waals surface area contributed by atoms with Crippen LogP contribution >= 0.6 is 11.6 Å². The van der Waals surface area contributed by atoms with Gasteiger partial charge in [-0.3, -0.25) is 4.79 Å². The zero-order valence-corrected chi connectivity index (χ0v) is 14.0. The number of halogens is 1. The second-order valence-electron chi connectivity index (χ2n) is 5.66. The van der Waals surface area contributed by atoms with Crippen molar-refractivity contribution in [2.75, 3.05) is 5.32 Å². The number of aromatic nitrogens is 1. The average Bonchev–Trinajstić information content (AvgIpc) is 2.90. The molecule has 0 saturated carbocycles. The van der Waals surface area contributed by atoms with Crippen molar-refractivity contribution < 1.29 is 9.21 Å². The van der Waals surface area contributed by atoms with Gasteiger partial charge in [0.2, 0.25) is 5.91 Å². The summed E-state index contributed by atoms with van der Waals surface area (Å²) in [6.45, 7) is 5.79. The number of rotatable bonds is 3. The fourth-order valence-electron chi connectivity index (χ4n) is 2.70. The highest BCUT2D eigenvalue weighted by molar-refractivity contribution is 6.33. The Morgan fingerprint density at radius 3 is 2.83 bits per heavy atom. The Labute approximate surface area is 139 Å². The Bertz CT molecular complexity index is 899. The van der Waals surface area contributed by atoms with Crippen LogP contribution in [0.5, 0.6) is 0 Å². The van der Waals surface area contributed by atoms with Crippen molar-refractivity contribution in [3.8, 4) is 0 Å². The molecule has 4 nitrogen and oxygen atoms in total. The molecule has 3 rings (SSSR count). The Morgan fingerprint density at radius 1 is 1.30 bits per heavy atom. The monoisotopic (exact) mass is 328 g/mol. The lowest BCUT2D eigenvalue weighted by atomic mass is 10.0. The van der Waals surface area contributed by atoms with E-state index in [4.69, 9.17) is 16.0 Å².